The average Bonchev–Trinajstić information content (AvgIpc) is 2.32. The number of halogens is 2. The molecule has 0 aliphatic rings. The normalized spacial score (nSPS) is 10.3. The molecular formula is C11H6BrClN2O2S. The monoisotopic (exact) mass is 344 g/mol. The topological polar surface area (TPSA) is 63.1 Å². The van der Waals surface area contributed by atoms with Crippen molar-refractivity contribution in [2.45, 2.75) is 10.1 Å². The summed E-state index contributed by atoms with van der Waals surface area (Å²) in [5.74, 6) is -1.04. The Morgan fingerprint density at radius 1 is 1.33 bits per heavy atom. The predicted molar refractivity (Wildman–Crippen MR) is 72.3 cm³/mol. The van der Waals surface area contributed by atoms with Gasteiger partial charge in [-0.15, -0.1) is 0 Å². The fraction of sp³-hybridized carbons (Fsp3) is 0. The molecule has 0 unspecified atom stereocenters. The molecule has 0 atom stereocenters. The van der Waals surface area contributed by atoms with Crippen LogP contribution in [0.4, 0.5) is 0 Å². The Labute approximate surface area is 121 Å². The van der Waals surface area contributed by atoms with Gasteiger partial charge in [0.1, 0.15) is 15.2 Å². The van der Waals surface area contributed by atoms with Crippen LogP contribution < -0.4 is 0 Å². The van der Waals surface area contributed by atoms with E-state index in [1.165, 1.54) is 12.1 Å². The number of nitrogens with zero attached hydrogens (tertiary/aromatic N) is 2. The van der Waals surface area contributed by atoms with Gasteiger partial charge in [0.05, 0.1) is 5.56 Å². The highest BCUT2D eigenvalue weighted by Gasteiger charge is 2.13. The van der Waals surface area contributed by atoms with E-state index in [0.29, 0.717) is 10.1 Å². The molecule has 2 rings (SSSR count). The summed E-state index contributed by atoms with van der Waals surface area (Å²) in [7, 11) is 0. The number of aromatic nitrogens is 2. The maximum atomic E-state index is 11.1. The molecule has 2 aromatic rings. The Balaban J connectivity index is 2.35. The zero-order chi connectivity index (χ0) is 13.1. The van der Waals surface area contributed by atoms with Crippen LogP contribution in [-0.2, 0) is 0 Å². The second kappa shape index (κ2) is 5.69. The number of hydrogen-bond donors (Lipinski definition) is 1. The first-order chi connectivity index (χ1) is 8.56. The molecule has 0 saturated heterocycles. The molecule has 0 aliphatic carbocycles. The molecule has 0 aromatic carbocycles. The number of aromatic carboxylic acids is 1. The zero-order valence-electron chi connectivity index (χ0n) is 8.80. The van der Waals surface area contributed by atoms with Crippen molar-refractivity contribution < 1.29 is 9.90 Å². The van der Waals surface area contributed by atoms with Crippen LogP contribution in [0.2, 0.25) is 5.15 Å². The highest BCUT2D eigenvalue weighted by molar-refractivity contribution is 9.10. The summed E-state index contributed by atoms with van der Waals surface area (Å²) in [6.07, 6.45) is 1.63. The van der Waals surface area contributed by atoms with Crippen molar-refractivity contribution in [1.82, 2.24) is 9.97 Å². The van der Waals surface area contributed by atoms with Gasteiger partial charge in [-0.3, -0.25) is 0 Å². The van der Waals surface area contributed by atoms with Gasteiger partial charge in [0.2, 0.25) is 0 Å². The standard InChI is InChI=1S/C11H6BrClN2O2S/c12-6-1-4-9(14-5-6)18-10-7(11(16)17)2-3-8(13)15-10/h1-5H,(H,16,17). The van der Waals surface area contributed by atoms with Gasteiger partial charge >= 0.3 is 5.97 Å². The minimum absolute atomic E-state index is 0.106. The Morgan fingerprint density at radius 3 is 2.72 bits per heavy atom. The van der Waals surface area contributed by atoms with Crippen LogP contribution in [0.3, 0.4) is 0 Å². The predicted octanol–water partition coefficient (Wildman–Crippen LogP) is 3.74. The minimum Gasteiger partial charge on any atom is -0.478 e. The van der Waals surface area contributed by atoms with Gasteiger partial charge in [0.15, 0.2) is 0 Å². The number of pyridine rings is 2. The van der Waals surface area contributed by atoms with Gasteiger partial charge in [-0.2, -0.15) is 0 Å². The molecule has 2 aromatic heterocycles. The first-order valence-electron chi connectivity index (χ1n) is 4.75. The Bertz CT molecular complexity index is 592. The second-order valence-corrected chi connectivity index (χ2v) is 5.52. The maximum Gasteiger partial charge on any atom is 0.338 e. The third-order valence-electron chi connectivity index (χ3n) is 1.96. The van der Waals surface area contributed by atoms with Crippen molar-refractivity contribution in [1.29, 1.82) is 0 Å². The van der Waals surface area contributed by atoms with Crippen molar-refractivity contribution >= 4 is 45.3 Å². The van der Waals surface area contributed by atoms with Crippen LogP contribution in [0.1, 0.15) is 10.4 Å². The second-order valence-electron chi connectivity index (χ2n) is 3.21. The molecule has 0 radical (unpaired) electrons. The van der Waals surface area contributed by atoms with Crippen molar-refractivity contribution in [2.75, 3.05) is 0 Å². The van der Waals surface area contributed by atoms with Crippen LogP contribution in [-0.4, -0.2) is 21.0 Å². The van der Waals surface area contributed by atoms with Crippen molar-refractivity contribution in [3.8, 4) is 0 Å². The lowest BCUT2D eigenvalue weighted by molar-refractivity contribution is 0.0692. The molecule has 0 saturated carbocycles. The quantitative estimate of drug-likeness (QED) is 0.859. The van der Waals surface area contributed by atoms with Crippen LogP contribution in [0, 0.1) is 0 Å². The van der Waals surface area contributed by atoms with E-state index in [9.17, 15) is 4.79 Å². The zero-order valence-corrected chi connectivity index (χ0v) is 12.0. The number of carboxylic acid groups (broad SMARTS) is 1. The summed E-state index contributed by atoms with van der Waals surface area (Å²) >= 11 is 10.2. The van der Waals surface area contributed by atoms with Crippen molar-refractivity contribution in [3.63, 3.8) is 0 Å². The van der Waals surface area contributed by atoms with Gasteiger partial charge in [-0.05, 0) is 52.0 Å². The molecule has 0 aliphatic heterocycles. The summed E-state index contributed by atoms with van der Waals surface area (Å²) in [6, 6.07) is 6.46. The fourth-order valence-electron chi connectivity index (χ4n) is 1.18. The van der Waals surface area contributed by atoms with Crippen LogP contribution >= 0.6 is 39.3 Å². The molecule has 1 N–H and O–H groups in total. The van der Waals surface area contributed by atoms with E-state index in [1.54, 1.807) is 12.3 Å². The highest BCUT2D eigenvalue weighted by Crippen LogP contribution is 2.29. The number of carboxylic acids is 1. The van der Waals surface area contributed by atoms with Gasteiger partial charge in [-0.25, -0.2) is 14.8 Å². The van der Waals surface area contributed by atoms with Gasteiger partial charge in [-0.1, -0.05) is 11.6 Å². The maximum absolute atomic E-state index is 11.1. The van der Waals surface area contributed by atoms with E-state index in [4.69, 9.17) is 16.7 Å². The molecule has 4 nitrogen and oxygen atoms in total. The Kier molecular flexibility index (Phi) is 4.21. The number of rotatable bonds is 3. The molecule has 0 fully saturated rings. The van der Waals surface area contributed by atoms with Crippen LogP contribution in [0.25, 0.3) is 0 Å². The van der Waals surface area contributed by atoms with E-state index in [2.05, 4.69) is 25.9 Å². The molecule has 7 heteroatoms. The summed E-state index contributed by atoms with van der Waals surface area (Å²) in [5, 5.41) is 10.3. The fourth-order valence-corrected chi connectivity index (χ4v) is 2.46. The SMILES string of the molecule is O=C(O)c1ccc(Cl)nc1Sc1ccc(Br)cn1. The van der Waals surface area contributed by atoms with Crippen molar-refractivity contribution in [2.24, 2.45) is 0 Å². The molecular weight excluding hydrogens is 340 g/mol. The lowest BCUT2D eigenvalue weighted by atomic mass is 10.3. The molecule has 92 valence electrons. The Morgan fingerprint density at radius 2 is 2.11 bits per heavy atom. The third-order valence-corrected chi connectivity index (χ3v) is 3.59. The Hall–Kier alpha value is -1.11. The molecule has 0 amide bonds. The van der Waals surface area contributed by atoms with E-state index in [0.717, 1.165) is 16.2 Å². The first kappa shape index (κ1) is 13.3. The highest BCUT2D eigenvalue weighted by atomic mass is 79.9. The van der Waals surface area contributed by atoms with E-state index in [-0.39, 0.29) is 10.7 Å². The number of hydrogen-bond acceptors (Lipinski definition) is 4. The average molecular weight is 346 g/mol. The molecule has 2 heterocycles. The third kappa shape index (κ3) is 3.22. The molecule has 0 spiro atoms. The lowest BCUT2D eigenvalue weighted by Crippen LogP contribution is -2.00. The summed E-state index contributed by atoms with van der Waals surface area (Å²) < 4.78 is 0.851. The smallest absolute Gasteiger partial charge is 0.338 e. The van der Waals surface area contributed by atoms with Gasteiger partial charge < -0.3 is 5.11 Å². The molecule has 18 heavy (non-hydrogen) atoms. The minimum atomic E-state index is -1.04. The van der Waals surface area contributed by atoms with Gasteiger partial charge in [0.25, 0.3) is 0 Å². The van der Waals surface area contributed by atoms with E-state index in [1.807, 2.05) is 6.07 Å². The lowest BCUT2D eigenvalue weighted by Gasteiger charge is -2.04. The largest absolute Gasteiger partial charge is 0.478 e. The van der Waals surface area contributed by atoms with E-state index < -0.39 is 5.97 Å². The summed E-state index contributed by atoms with van der Waals surface area (Å²) in [6.45, 7) is 0. The van der Waals surface area contributed by atoms with Crippen LogP contribution in [0.5, 0.6) is 0 Å². The number of carbonyl (C=O) groups is 1. The van der Waals surface area contributed by atoms with Gasteiger partial charge in [0, 0.05) is 10.7 Å². The summed E-state index contributed by atoms with van der Waals surface area (Å²) in [4.78, 5) is 19.2. The first-order valence-corrected chi connectivity index (χ1v) is 6.74. The van der Waals surface area contributed by atoms with Crippen LogP contribution in [0.15, 0.2) is 45.0 Å². The summed E-state index contributed by atoms with van der Waals surface area (Å²) in [5.41, 5.74) is 0.106. The van der Waals surface area contributed by atoms with E-state index >= 15 is 0 Å². The molecule has 0 bridgehead atoms. The van der Waals surface area contributed by atoms with Crippen molar-refractivity contribution in [3.05, 3.63) is 45.7 Å².